The molecular formula is C11H16O3. The van der Waals surface area contributed by atoms with E-state index in [1.165, 1.54) is 6.08 Å². The lowest BCUT2D eigenvalue weighted by Crippen LogP contribution is -2.25. The molecule has 0 amide bonds. The van der Waals surface area contributed by atoms with Crippen molar-refractivity contribution in [1.82, 2.24) is 0 Å². The van der Waals surface area contributed by atoms with E-state index in [1.807, 2.05) is 0 Å². The number of hydrogen-bond donors (Lipinski definition) is 0. The molecule has 78 valence electrons. The number of esters is 1. The largest absolute Gasteiger partial charge is 0.461 e. The molecule has 0 aromatic carbocycles. The first-order chi connectivity index (χ1) is 6.75. The molecule has 0 spiro atoms. The summed E-state index contributed by atoms with van der Waals surface area (Å²) in [5.74, 6) is -0.856. The van der Waals surface area contributed by atoms with Gasteiger partial charge in [0, 0.05) is 6.42 Å². The van der Waals surface area contributed by atoms with Gasteiger partial charge in [-0.3, -0.25) is 9.59 Å². The van der Waals surface area contributed by atoms with Crippen molar-refractivity contribution >= 4 is 11.8 Å². The van der Waals surface area contributed by atoms with Gasteiger partial charge in [-0.25, -0.2) is 0 Å². The number of carbonyl (C=O) groups is 2. The standard InChI is InChI=1S/C11H16O3/c1-2-8-14-11(13)9-6-4-3-5-7-10(9)12/h2,9H,1,3-8H2. The van der Waals surface area contributed by atoms with Gasteiger partial charge in [-0.05, 0) is 12.8 Å². The maximum absolute atomic E-state index is 11.5. The van der Waals surface area contributed by atoms with Crippen LogP contribution in [-0.4, -0.2) is 18.4 Å². The molecule has 0 N–H and O–H groups in total. The summed E-state index contributed by atoms with van der Waals surface area (Å²) >= 11 is 0. The second-order valence-electron chi connectivity index (χ2n) is 3.54. The highest BCUT2D eigenvalue weighted by Crippen LogP contribution is 2.21. The van der Waals surface area contributed by atoms with Crippen LogP contribution in [0.5, 0.6) is 0 Å². The predicted octanol–water partition coefficient (Wildman–Crippen LogP) is 1.86. The lowest BCUT2D eigenvalue weighted by molar-refractivity contribution is -0.151. The van der Waals surface area contributed by atoms with E-state index in [-0.39, 0.29) is 18.4 Å². The van der Waals surface area contributed by atoms with Crippen LogP contribution in [0, 0.1) is 5.92 Å². The average molecular weight is 196 g/mol. The molecule has 1 rings (SSSR count). The van der Waals surface area contributed by atoms with Gasteiger partial charge in [0.1, 0.15) is 18.3 Å². The molecule has 3 heteroatoms. The van der Waals surface area contributed by atoms with Gasteiger partial charge in [0.25, 0.3) is 0 Å². The molecule has 0 bridgehead atoms. The number of hydrogen-bond acceptors (Lipinski definition) is 3. The Morgan fingerprint density at radius 3 is 3.00 bits per heavy atom. The van der Waals surface area contributed by atoms with Crippen molar-refractivity contribution in [2.75, 3.05) is 6.61 Å². The van der Waals surface area contributed by atoms with E-state index in [9.17, 15) is 9.59 Å². The molecule has 0 aromatic rings. The van der Waals surface area contributed by atoms with E-state index in [0.29, 0.717) is 12.8 Å². The van der Waals surface area contributed by atoms with Gasteiger partial charge in [-0.1, -0.05) is 25.5 Å². The quantitative estimate of drug-likeness (QED) is 0.299. The van der Waals surface area contributed by atoms with Crippen LogP contribution in [-0.2, 0) is 14.3 Å². The zero-order valence-electron chi connectivity index (χ0n) is 8.33. The lowest BCUT2D eigenvalue weighted by Gasteiger charge is -2.10. The summed E-state index contributed by atoms with van der Waals surface area (Å²) in [5, 5.41) is 0. The fraction of sp³-hybridized carbons (Fsp3) is 0.636. The molecule has 14 heavy (non-hydrogen) atoms. The van der Waals surface area contributed by atoms with Crippen LogP contribution in [0.3, 0.4) is 0 Å². The molecule has 1 aliphatic rings. The molecule has 1 unspecified atom stereocenters. The van der Waals surface area contributed by atoms with Gasteiger partial charge in [0.2, 0.25) is 0 Å². The average Bonchev–Trinajstić information content (AvgIpc) is 2.39. The SMILES string of the molecule is C=CCOC(=O)C1CCCCCC1=O. The van der Waals surface area contributed by atoms with E-state index in [4.69, 9.17) is 4.74 Å². The second kappa shape index (κ2) is 5.58. The van der Waals surface area contributed by atoms with Gasteiger partial charge >= 0.3 is 5.97 Å². The van der Waals surface area contributed by atoms with Crippen molar-refractivity contribution in [2.24, 2.45) is 5.92 Å². The lowest BCUT2D eigenvalue weighted by atomic mass is 9.99. The highest BCUT2D eigenvalue weighted by molar-refractivity contribution is 5.99. The molecule has 0 heterocycles. The van der Waals surface area contributed by atoms with Crippen molar-refractivity contribution in [3.05, 3.63) is 12.7 Å². The van der Waals surface area contributed by atoms with E-state index in [2.05, 4.69) is 6.58 Å². The van der Waals surface area contributed by atoms with E-state index in [0.717, 1.165) is 19.3 Å². The number of carbonyl (C=O) groups excluding carboxylic acids is 2. The van der Waals surface area contributed by atoms with Crippen LogP contribution in [0.2, 0.25) is 0 Å². The Morgan fingerprint density at radius 1 is 1.50 bits per heavy atom. The molecule has 0 radical (unpaired) electrons. The first-order valence-electron chi connectivity index (χ1n) is 5.06. The third-order valence-electron chi connectivity index (χ3n) is 2.43. The van der Waals surface area contributed by atoms with Crippen LogP contribution in [0.1, 0.15) is 32.1 Å². The number of Topliss-reactive ketones (excluding diaryl/α,β-unsaturated/α-hetero) is 1. The van der Waals surface area contributed by atoms with Gasteiger partial charge in [-0.2, -0.15) is 0 Å². The Labute approximate surface area is 84.1 Å². The highest BCUT2D eigenvalue weighted by Gasteiger charge is 2.28. The minimum atomic E-state index is -0.516. The molecule has 1 fully saturated rings. The van der Waals surface area contributed by atoms with Gasteiger partial charge < -0.3 is 4.74 Å². The number of ether oxygens (including phenoxy) is 1. The topological polar surface area (TPSA) is 43.4 Å². The fourth-order valence-corrected chi connectivity index (χ4v) is 1.65. The number of rotatable bonds is 3. The highest BCUT2D eigenvalue weighted by atomic mass is 16.5. The zero-order valence-corrected chi connectivity index (χ0v) is 8.33. The summed E-state index contributed by atoms with van der Waals surface area (Å²) in [6.45, 7) is 3.65. The minimum Gasteiger partial charge on any atom is -0.461 e. The molecule has 0 saturated heterocycles. The molecular weight excluding hydrogens is 180 g/mol. The van der Waals surface area contributed by atoms with Crippen LogP contribution >= 0.6 is 0 Å². The van der Waals surface area contributed by atoms with Gasteiger partial charge in [-0.15, -0.1) is 0 Å². The van der Waals surface area contributed by atoms with Crippen molar-refractivity contribution in [2.45, 2.75) is 32.1 Å². The Balaban J connectivity index is 2.50. The zero-order chi connectivity index (χ0) is 10.4. The van der Waals surface area contributed by atoms with E-state index in [1.54, 1.807) is 0 Å². The van der Waals surface area contributed by atoms with Crippen LogP contribution in [0.25, 0.3) is 0 Å². The summed E-state index contributed by atoms with van der Waals surface area (Å²) in [7, 11) is 0. The maximum atomic E-state index is 11.5. The Kier molecular flexibility index (Phi) is 4.36. The van der Waals surface area contributed by atoms with Crippen molar-refractivity contribution in [1.29, 1.82) is 0 Å². The van der Waals surface area contributed by atoms with Gasteiger partial charge in [0.15, 0.2) is 0 Å². The van der Waals surface area contributed by atoms with Crippen LogP contribution < -0.4 is 0 Å². The van der Waals surface area contributed by atoms with Crippen molar-refractivity contribution < 1.29 is 14.3 Å². The summed E-state index contributed by atoms with van der Waals surface area (Å²) < 4.78 is 4.88. The minimum absolute atomic E-state index is 0.0385. The van der Waals surface area contributed by atoms with E-state index < -0.39 is 5.92 Å². The molecule has 1 aliphatic carbocycles. The smallest absolute Gasteiger partial charge is 0.316 e. The third-order valence-corrected chi connectivity index (χ3v) is 2.43. The van der Waals surface area contributed by atoms with Gasteiger partial charge in [0.05, 0.1) is 0 Å². The molecule has 0 aliphatic heterocycles. The Hall–Kier alpha value is -1.12. The van der Waals surface area contributed by atoms with Crippen LogP contribution in [0.4, 0.5) is 0 Å². The summed E-state index contributed by atoms with van der Waals surface area (Å²) in [6, 6.07) is 0. The molecule has 3 nitrogen and oxygen atoms in total. The third kappa shape index (κ3) is 2.98. The van der Waals surface area contributed by atoms with E-state index >= 15 is 0 Å². The Bertz CT molecular complexity index is 233. The summed E-state index contributed by atoms with van der Waals surface area (Å²) in [4.78, 5) is 22.9. The molecule has 1 atom stereocenters. The maximum Gasteiger partial charge on any atom is 0.316 e. The van der Waals surface area contributed by atoms with Crippen molar-refractivity contribution in [3.63, 3.8) is 0 Å². The monoisotopic (exact) mass is 196 g/mol. The molecule has 0 aromatic heterocycles. The summed E-state index contributed by atoms with van der Waals surface area (Å²) in [6.07, 6.45) is 5.57. The fourth-order valence-electron chi connectivity index (χ4n) is 1.65. The molecule has 1 saturated carbocycles. The predicted molar refractivity (Wildman–Crippen MR) is 52.7 cm³/mol. The van der Waals surface area contributed by atoms with Crippen molar-refractivity contribution in [3.8, 4) is 0 Å². The first-order valence-corrected chi connectivity index (χ1v) is 5.06. The van der Waals surface area contributed by atoms with Crippen LogP contribution in [0.15, 0.2) is 12.7 Å². The number of ketones is 1. The summed E-state index contributed by atoms with van der Waals surface area (Å²) in [5.41, 5.74) is 0. The first kappa shape index (κ1) is 11.0. The second-order valence-corrected chi connectivity index (χ2v) is 3.54. The normalized spacial score (nSPS) is 22.6. The Morgan fingerprint density at radius 2 is 2.29 bits per heavy atom.